The number of imidazole rings is 1. The van der Waals surface area contributed by atoms with E-state index < -0.39 is 0 Å². The number of fused-ring (bicyclic) bond motifs is 1. The fourth-order valence-electron chi connectivity index (χ4n) is 2.07. The Morgan fingerprint density at radius 1 is 1.22 bits per heavy atom. The van der Waals surface area contributed by atoms with Crippen LogP contribution in [0, 0.1) is 7.66 Å². The van der Waals surface area contributed by atoms with E-state index in [9.17, 15) is 0 Å². The standard InChI is InChI=1S/C10H9ClI2N4O/c11-7-6-8(16-9(12)15-7)17(10(13)14-6)5-3-1-2-4-18-5/h5H,1-4H2. The summed E-state index contributed by atoms with van der Waals surface area (Å²) < 4.78 is 9.29. The second-order valence-electron chi connectivity index (χ2n) is 4.03. The Morgan fingerprint density at radius 2 is 2.06 bits per heavy atom. The maximum absolute atomic E-state index is 6.11. The molecule has 1 aliphatic rings. The molecule has 0 amide bonds. The van der Waals surface area contributed by atoms with Crippen molar-refractivity contribution in [3.63, 3.8) is 0 Å². The van der Waals surface area contributed by atoms with Gasteiger partial charge < -0.3 is 4.74 Å². The van der Waals surface area contributed by atoms with Crippen LogP contribution >= 0.6 is 56.8 Å². The number of halogens is 3. The van der Waals surface area contributed by atoms with Gasteiger partial charge in [0.15, 0.2) is 18.5 Å². The number of nitrogens with zero attached hydrogens (tertiary/aromatic N) is 4. The van der Waals surface area contributed by atoms with Crippen molar-refractivity contribution < 1.29 is 4.74 Å². The van der Waals surface area contributed by atoms with Crippen LogP contribution in [-0.4, -0.2) is 26.1 Å². The molecule has 1 fully saturated rings. The summed E-state index contributed by atoms with van der Waals surface area (Å²) in [4.78, 5) is 13.0. The fourth-order valence-corrected chi connectivity index (χ4v) is 3.67. The highest BCUT2D eigenvalue weighted by Crippen LogP contribution is 2.30. The van der Waals surface area contributed by atoms with Crippen molar-refractivity contribution in [2.45, 2.75) is 25.5 Å². The Morgan fingerprint density at radius 3 is 2.78 bits per heavy atom. The third kappa shape index (κ3) is 2.34. The molecule has 1 unspecified atom stereocenters. The minimum absolute atomic E-state index is 0.0115. The third-order valence-corrected chi connectivity index (χ3v) is 4.38. The first-order valence-electron chi connectivity index (χ1n) is 5.55. The van der Waals surface area contributed by atoms with Crippen molar-refractivity contribution in [2.75, 3.05) is 6.61 Å². The van der Waals surface area contributed by atoms with E-state index >= 15 is 0 Å². The Balaban J connectivity index is 2.18. The van der Waals surface area contributed by atoms with Crippen LogP contribution < -0.4 is 0 Å². The van der Waals surface area contributed by atoms with Crippen LogP contribution in [0.2, 0.25) is 5.15 Å². The molecule has 8 heteroatoms. The first kappa shape index (κ1) is 13.3. The van der Waals surface area contributed by atoms with E-state index in [1.807, 2.05) is 4.57 Å². The summed E-state index contributed by atoms with van der Waals surface area (Å²) in [6.45, 7) is 0.788. The van der Waals surface area contributed by atoms with Crippen LogP contribution in [0.25, 0.3) is 11.2 Å². The normalized spacial score (nSPS) is 20.5. The number of aromatic nitrogens is 4. The predicted octanol–water partition coefficient (Wildman–Crippen LogP) is 3.39. The second kappa shape index (κ2) is 5.33. The highest BCUT2D eigenvalue weighted by Gasteiger charge is 2.23. The molecule has 0 saturated carbocycles. The molecule has 0 aromatic carbocycles. The smallest absolute Gasteiger partial charge is 0.194 e. The van der Waals surface area contributed by atoms with E-state index in [2.05, 4.69) is 60.1 Å². The maximum atomic E-state index is 6.11. The van der Waals surface area contributed by atoms with Crippen LogP contribution in [0.5, 0.6) is 0 Å². The van der Waals surface area contributed by atoms with Gasteiger partial charge in [-0.2, -0.15) is 0 Å². The lowest BCUT2D eigenvalue weighted by atomic mass is 10.2. The van der Waals surface area contributed by atoms with E-state index in [1.165, 1.54) is 0 Å². The average molecular weight is 490 g/mol. The van der Waals surface area contributed by atoms with Crippen LogP contribution in [0.15, 0.2) is 0 Å². The summed E-state index contributed by atoms with van der Waals surface area (Å²) in [6, 6.07) is 0. The molecule has 96 valence electrons. The van der Waals surface area contributed by atoms with E-state index in [4.69, 9.17) is 16.3 Å². The second-order valence-corrected chi connectivity index (χ2v) is 6.32. The van der Waals surface area contributed by atoms with Gasteiger partial charge in [0.2, 0.25) is 0 Å². The summed E-state index contributed by atoms with van der Waals surface area (Å²) in [5.41, 5.74) is 1.41. The Labute approximate surface area is 136 Å². The van der Waals surface area contributed by atoms with Crippen LogP contribution in [0.4, 0.5) is 0 Å². The van der Waals surface area contributed by atoms with Crippen molar-refractivity contribution >= 4 is 67.9 Å². The van der Waals surface area contributed by atoms with Gasteiger partial charge in [0.1, 0.15) is 11.7 Å². The quantitative estimate of drug-likeness (QED) is 0.266. The largest absolute Gasteiger partial charge is 0.358 e. The van der Waals surface area contributed by atoms with E-state index in [0.717, 1.165) is 35.3 Å². The van der Waals surface area contributed by atoms with Gasteiger partial charge in [-0.15, -0.1) is 0 Å². The lowest BCUT2D eigenvalue weighted by Gasteiger charge is -2.24. The summed E-state index contributed by atoms with van der Waals surface area (Å²) in [7, 11) is 0. The SMILES string of the molecule is Clc1nc(I)nc2c1nc(I)n2C1CCCCO1. The molecule has 2 aromatic rings. The molecule has 0 N–H and O–H groups in total. The van der Waals surface area contributed by atoms with Gasteiger partial charge in [-0.05, 0) is 19.3 Å². The molecule has 2 aromatic heterocycles. The Kier molecular flexibility index (Phi) is 3.92. The molecule has 1 atom stereocenters. The lowest BCUT2D eigenvalue weighted by molar-refractivity contribution is -0.0313. The molecule has 0 spiro atoms. The average Bonchev–Trinajstić information content (AvgIpc) is 2.67. The summed E-state index contributed by atoms with van der Waals surface area (Å²) in [5, 5.41) is 0.400. The molecule has 1 aliphatic heterocycles. The zero-order chi connectivity index (χ0) is 12.7. The molecule has 18 heavy (non-hydrogen) atoms. The zero-order valence-corrected chi connectivity index (χ0v) is 14.3. The van der Waals surface area contributed by atoms with Crippen molar-refractivity contribution in [3.05, 3.63) is 12.8 Å². The lowest BCUT2D eigenvalue weighted by Crippen LogP contribution is -2.19. The number of ether oxygens (including phenoxy) is 1. The molecular weight excluding hydrogens is 481 g/mol. The summed E-state index contributed by atoms with van der Waals surface area (Å²) in [5.74, 6) is 0. The Hall–Kier alpha value is 0.260. The van der Waals surface area contributed by atoms with Gasteiger partial charge in [-0.3, -0.25) is 4.57 Å². The van der Waals surface area contributed by atoms with Gasteiger partial charge in [-0.1, -0.05) is 11.6 Å². The molecule has 0 bridgehead atoms. The van der Waals surface area contributed by atoms with Gasteiger partial charge in [0.05, 0.1) is 0 Å². The maximum Gasteiger partial charge on any atom is 0.194 e. The van der Waals surface area contributed by atoms with Gasteiger partial charge in [-0.25, -0.2) is 15.0 Å². The molecule has 0 aliphatic carbocycles. The Bertz CT molecular complexity index is 597. The number of rotatable bonds is 1. The first-order valence-corrected chi connectivity index (χ1v) is 8.08. The highest BCUT2D eigenvalue weighted by atomic mass is 127. The van der Waals surface area contributed by atoms with E-state index in [-0.39, 0.29) is 6.23 Å². The monoisotopic (exact) mass is 490 g/mol. The predicted molar refractivity (Wildman–Crippen MR) is 84.6 cm³/mol. The number of hydrogen-bond donors (Lipinski definition) is 0. The van der Waals surface area contributed by atoms with Crippen LogP contribution in [-0.2, 0) is 4.74 Å². The van der Waals surface area contributed by atoms with Crippen LogP contribution in [0.3, 0.4) is 0 Å². The molecule has 0 radical (unpaired) electrons. The molecule has 3 heterocycles. The van der Waals surface area contributed by atoms with Crippen molar-refractivity contribution in [3.8, 4) is 0 Å². The minimum atomic E-state index is 0.0115. The fraction of sp³-hybridized carbons (Fsp3) is 0.500. The van der Waals surface area contributed by atoms with Crippen molar-refractivity contribution in [1.29, 1.82) is 0 Å². The summed E-state index contributed by atoms with van der Waals surface area (Å²) in [6.07, 6.45) is 3.28. The number of hydrogen-bond acceptors (Lipinski definition) is 4. The van der Waals surface area contributed by atoms with E-state index in [1.54, 1.807) is 0 Å². The molecule has 5 nitrogen and oxygen atoms in total. The third-order valence-electron chi connectivity index (χ3n) is 2.87. The van der Waals surface area contributed by atoms with Crippen LogP contribution in [0.1, 0.15) is 25.5 Å². The molecule has 1 saturated heterocycles. The summed E-state index contributed by atoms with van der Waals surface area (Å²) >= 11 is 10.4. The molecule has 3 rings (SSSR count). The minimum Gasteiger partial charge on any atom is -0.358 e. The zero-order valence-electron chi connectivity index (χ0n) is 9.24. The van der Waals surface area contributed by atoms with Crippen molar-refractivity contribution in [1.82, 2.24) is 19.5 Å². The molecular formula is C10H9ClI2N4O. The van der Waals surface area contributed by atoms with Gasteiger partial charge in [0.25, 0.3) is 0 Å². The van der Waals surface area contributed by atoms with Gasteiger partial charge >= 0.3 is 0 Å². The highest BCUT2D eigenvalue weighted by molar-refractivity contribution is 14.1. The van der Waals surface area contributed by atoms with Gasteiger partial charge in [0, 0.05) is 51.8 Å². The van der Waals surface area contributed by atoms with Crippen molar-refractivity contribution in [2.24, 2.45) is 0 Å². The topological polar surface area (TPSA) is 52.8 Å². The first-order chi connectivity index (χ1) is 8.66. The van der Waals surface area contributed by atoms with E-state index in [0.29, 0.717) is 14.5 Å².